The van der Waals surface area contributed by atoms with Gasteiger partial charge < -0.3 is 10.1 Å². The van der Waals surface area contributed by atoms with Crippen LogP contribution in [0.15, 0.2) is 46.6 Å². The summed E-state index contributed by atoms with van der Waals surface area (Å²) >= 11 is 0. The zero-order valence-electron chi connectivity index (χ0n) is 11.1. The maximum absolute atomic E-state index is 11.7. The average molecular weight is 273 g/mol. The second-order valence-corrected chi connectivity index (χ2v) is 4.31. The van der Waals surface area contributed by atoms with E-state index in [4.69, 9.17) is 4.74 Å². The molecule has 0 aromatic heterocycles. The number of ether oxygens (including phenoxy) is 1. The molecule has 0 aliphatic carbocycles. The summed E-state index contributed by atoms with van der Waals surface area (Å²) in [5.41, 5.74) is 1.16. The maximum atomic E-state index is 11.7. The van der Waals surface area contributed by atoms with E-state index >= 15 is 0 Å². The van der Waals surface area contributed by atoms with Crippen molar-refractivity contribution in [3.8, 4) is 5.75 Å². The van der Waals surface area contributed by atoms with Crippen LogP contribution in [0.3, 0.4) is 0 Å². The number of carbonyl (C=O) groups excluding carboxylic acids is 2. The molecule has 2 amide bonds. The highest BCUT2D eigenvalue weighted by molar-refractivity contribution is 5.92. The predicted octanol–water partition coefficient (Wildman–Crippen LogP) is 1.41. The molecule has 6 heteroatoms. The number of hydrogen-bond donors (Lipinski definition) is 1. The van der Waals surface area contributed by atoms with Crippen LogP contribution < -0.4 is 10.1 Å². The van der Waals surface area contributed by atoms with Crippen molar-refractivity contribution >= 4 is 11.8 Å². The van der Waals surface area contributed by atoms with E-state index in [0.29, 0.717) is 13.2 Å². The Kier molecular flexibility index (Phi) is 4.60. The molecule has 20 heavy (non-hydrogen) atoms. The molecule has 2 rings (SSSR count). The van der Waals surface area contributed by atoms with Gasteiger partial charge in [0.15, 0.2) is 6.04 Å². The fourth-order valence-electron chi connectivity index (χ4n) is 1.59. The van der Waals surface area contributed by atoms with Gasteiger partial charge >= 0.3 is 0 Å². The van der Waals surface area contributed by atoms with Crippen LogP contribution in [-0.2, 0) is 9.59 Å². The number of amides is 2. The van der Waals surface area contributed by atoms with Gasteiger partial charge in [0.1, 0.15) is 12.4 Å². The fraction of sp³-hybridized carbons (Fsp3) is 0.286. The Morgan fingerprint density at radius 3 is 2.75 bits per heavy atom. The molecule has 1 heterocycles. The highest BCUT2D eigenvalue weighted by Gasteiger charge is 2.17. The van der Waals surface area contributed by atoms with Crippen molar-refractivity contribution in [3.63, 3.8) is 0 Å². The lowest BCUT2D eigenvalue weighted by Gasteiger charge is -2.11. The highest BCUT2D eigenvalue weighted by Crippen LogP contribution is 2.10. The summed E-state index contributed by atoms with van der Waals surface area (Å²) in [6.07, 6.45) is 2.66. The van der Waals surface area contributed by atoms with Crippen LogP contribution in [0.25, 0.3) is 0 Å². The third-order valence-electron chi connectivity index (χ3n) is 2.66. The number of nitrogens with zero attached hydrogens (tertiary/aromatic N) is 2. The van der Waals surface area contributed by atoms with E-state index in [2.05, 4.69) is 15.5 Å². The number of nitrogens with one attached hydrogen (secondary N) is 1. The molecule has 1 aliphatic rings. The first-order valence-corrected chi connectivity index (χ1v) is 6.25. The van der Waals surface area contributed by atoms with Crippen LogP contribution in [0.4, 0.5) is 0 Å². The van der Waals surface area contributed by atoms with Gasteiger partial charge in [0.25, 0.3) is 11.8 Å². The van der Waals surface area contributed by atoms with Gasteiger partial charge in [0.05, 0.1) is 6.54 Å². The number of rotatable bonds is 5. The number of azo groups is 1. The Morgan fingerprint density at radius 1 is 1.35 bits per heavy atom. The van der Waals surface area contributed by atoms with Crippen molar-refractivity contribution in [2.75, 3.05) is 13.2 Å². The van der Waals surface area contributed by atoms with Gasteiger partial charge in [-0.05, 0) is 25.1 Å². The van der Waals surface area contributed by atoms with Crippen molar-refractivity contribution in [3.05, 3.63) is 42.0 Å². The minimum atomic E-state index is -0.730. The second-order valence-electron chi connectivity index (χ2n) is 4.31. The van der Waals surface area contributed by atoms with Gasteiger partial charge in [0, 0.05) is 6.08 Å². The van der Waals surface area contributed by atoms with Crippen molar-refractivity contribution in [2.45, 2.75) is 13.0 Å². The van der Waals surface area contributed by atoms with Crippen LogP contribution in [0, 0.1) is 6.92 Å². The van der Waals surface area contributed by atoms with E-state index < -0.39 is 11.9 Å². The molecule has 0 bridgehead atoms. The Morgan fingerprint density at radius 2 is 2.10 bits per heavy atom. The normalized spacial score (nSPS) is 17.1. The summed E-state index contributed by atoms with van der Waals surface area (Å²) < 4.78 is 5.47. The van der Waals surface area contributed by atoms with Gasteiger partial charge in [-0.25, -0.2) is 0 Å². The Balaban J connectivity index is 1.69. The van der Waals surface area contributed by atoms with Gasteiger partial charge in [-0.1, -0.05) is 17.7 Å². The summed E-state index contributed by atoms with van der Waals surface area (Å²) in [6, 6.07) is 6.94. The summed E-state index contributed by atoms with van der Waals surface area (Å²) in [5, 5.41) is 9.59. The number of benzene rings is 1. The van der Waals surface area contributed by atoms with E-state index in [1.54, 1.807) is 0 Å². The number of carbonyl (C=O) groups is 2. The van der Waals surface area contributed by atoms with Gasteiger partial charge in [-0.2, -0.15) is 5.11 Å². The number of aryl methyl sites for hydroxylation is 1. The van der Waals surface area contributed by atoms with Crippen molar-refractivity contribution in [1.82, 2.24) is 5.32 Å². The SMILES string of the molecule is Cc1ccc(OCCNC(=O)C2C=CC(=O)N=N2)cc1. The molecule has 0 saturated heterocycles. The van der Waals surface area contributed by atoms with E-state index in [9.17, 15) is 9.59 Å². The van der Waals surface area contributed by atoms with E-state index in [-0.39, 0.29) is 5.91 Å². The molecule has 0 radical (unpaired) electrons. The molecule has 104 valence electrons. The largest absolute Gasteiger partial charge is 0.492 e. The molecular formula is C14H15N3O3. The first-order chi connectivity index (χ1) is 9.65. The monoisotopic (exact) mass is 273 g/mol. The Bertz CT molecular complexity index is 533. The van der Waals surface area contributed by atoms with Crippen molar-refractivity contribution < 1.29 is 14.3 Å². The molecule has 0 spiro atoms. The van der Waals surface area contributed by atoms with E-state index in [0.717, 1.165) is 11.3 Å². The molecule has 1 N–H and O–H groups in total. The van der Waals surface area contributed by atoms with Crippen LogP contribution in [-0.4, -0.2) is 31.0 Å². The first-order valence-electron chi connectivity index (χ1n) is 6.25. The van der Waals surface area contributed by atoms with Gasteiger partial charge in [0.2, 0.25) is 0 Å². The summed E-state index contributed by atoms with van der Waals surface area (Å²) in [6.45, 7) is 2.73. The van der Waals surface area contributed by atoms with Crippen LogP contribution in [0.1, 0.15) is 5.56 Å². The zero-order chi connectivity index (χ0) is 14.4. The first kappa shape index (κ1) is 13.9. The van der Waals surface area contributed by atoms with Crippen LogP contribution >= 0.6 is 0 Å². The molecule has 1 aromatic rings. The second kappa shape index (κ2) is 6.60. The smallest absolute Gasteiger partial charge is 0.287 e. The minimum absolute atomic E-state index is 0.301. The van der Waals surface area contributed by atoms with Crippen molar-refractivity contribution in [2.24, 2.45) is 10.2 Å². The topological polar surface area (TPSA) is 80.1 Å². The van der Waals surface area contributed by atoms with Crippen LogP contribution in [0.2, 0.25) is 0 Å². The Labute approximate surface area is 116 Å². The van der Waals surface area contributed by atoms with Gasteiger partial charge in [-0.15, -0.1) is 5.11 Å². The highest BCUT2D eigenvalue weighted by atomic mass is 16.5. The third-order valence-corrected chi connectivity index (χ3v) is 2.66. The fourth-order valence-corrected chi connectivity index (χ4v) is 1.59. The molecule has 1 aromatic carbocycles. The average Bonchev–Trinajstić information content (AvgIpc) is 2.46. The summed E-state index contributed by atoms with van der Waals surface area (Å²) in [5.74, 6) is 0.00876. The molecule has 1 atom stereocenters. The quantitative estimate of drug-likeness (QED) is 0.823. The zero-order valence-corrected chi connectivity index (χ0v) is 11.1. The lowest BCUT2D eigenvalue weighted by Crippen LogP contribution is -2.35. The predicted molar refractivity (Wildman–Crippen MR) is 72.5 cm³/mol. The molecule has 0 saturated carbocycles. The molecule has 1 unspecified atom stereocenters. The molecule has 1 aliphatic heterocycles. The molecule has 0 fully saturated rings. The summed E-state index contributed by atoms with van der Waals surface area (Å²) in [4.78, 5) is 22.5. The van der Waals surface area contributed by atoms with Crippen LogP contribution in [0.5, 0.6) is 5.75 Å². The third kappa shape index (κ3) is 4.01. The molecule has 6 nitrogen and oxygen atoms in total. The van der Waals surface area contributed by atoms with E-state index in [1.807, 2.05) is 31.2 Å². The lowest BCUT2D eigenvalue weighted by atomic mass is 10.2. The minimum Gasteiger partial charge on any atom is -0.492 e. The summed E-state index contributed by atoms with van der Waals surface area (Å²) in [7, 11) is 0. The van der Waals surface area contributed by atoms with Crippen molar-refractivity contribution in [1.29, 1.82) is 0 Å². The van der Waals surface area contributed by atoms with E-state index in [1.165, 1.54) is 12.2 Å². The maximum Gasteiger partial charge on any atom is 0.287 e. The standard InChI is InChI=1S/C14H15N3O3/c1-10-2-4-11(5-3-10)20-9-8-15-14(19)12-6-7-13(18)17-16-12/h2-7,12H,8-9H2,1H3,(H,15,19). The Hall–Kier alpha value is -2.50. The lowest BCUT2D eigenvalue weighted by molar-refractivity contribution is -0.121. The number of hydrogen-bond acceptors (Lipinski definition) is 4. The van der Waals surface area contributed by atoms with Gasteiger partial charge in [-0.3, -0.25) is 9.59 Å². The molecular weight excluding hydrogens is 258 g/mol.